The van der Waals surface area contributed by atoms with E-state index in [4.69, 9.17) is 5.73 Å². The van der Waals surface area contributed by atoms with Crippen LogP contribution < -0.4 is 5.73 Å². The van der Waals surface area contributed by atoms with Crippen LogP contribution in [-0.2, 0) is 0 Å². The second-order valence-corrected chi connectivity index (χ2v) is 7.62. The lowest BCUT2D eigenvalue weighted by Crippen LogP contribution is -2.42. The van der Waals surface area contributed by atoms with Gasteiger partial charge in [0.2, 0.25) is 0 Å². The van der Waals surface area contributed by atoms with Crippen molar-refractivity contribution >= 4 is 27.3 Å². The molecule has 4 heteroatoms. The molecule has 1 heterocycles. The molecular formula is C14H23BrN2S. The molecule has 0 saturated heterocycles. The van der Waals surface area contributed by atoms with Gasteiger partial charge < -0.3 is 5.73 Å². The minimum absolute atomic E-state index is 0.239. The summed E-state index contributed by atoms with van der Waals surface area (Å²) < 4.78 is 1.21. The summed E-state index contributed by atoms with van der Waals surface area (Å²) in [7, 11) is 0. The lowest BCUT2D eigenvalue weighted by molar-refractivity contribution is 0.162. The molecule has 1 aromatic rings. The summed E-state index contributed by atoms with van der Waals surface area (Å²) >= 11 is 5.41. The van der Waals surface area contributed by atoms with Crippen molar-refractivity contribution in [2.24, 2.45) is 5.73 Å². The maximum atomic E-state index is 6.40. The molecule has 2 atom stereocenters. The van der Waals surface area contributed by atoms with Crippen LogP contribution in [0, 0.1) is 0 Å². The number of thiophene rings is 1. The van der Waals surface area contributed by atoms with Crippen molar-refractivity contribution in [1.82, 2.24) is 4.90 Å². The average molecular weight is 331 g/mol. The van der Waals surface area contributed by atoms with Crippen LogP contribution in [0.1, 0.15) is 50.4 Å². The summed E-state index contributed by atoms with van der Waals surface area (Å²) in [6, 6.07) is 5.79. The average Bonchev–Trinajstić information content (AvgIpc) is 3.12. The van der Waals surface area contributed by atoms with Gasteiger partial charge >= 0.3 is 0 Å². The minimum Gasteiger partial charge on any atom is -0.326 e. The first-order valence-electron chi connectivity index (χ1n) is 6.93. The molecule has 2 nitrogen and oxygen atoms in total. The van der Waals surface area contributed by atoms with Crippen molar-refractivity contribution in [2.75, 3.05) is 6.54 Å². The van der Waals surface area contributed by atoms with Crippen molar-refractivity contribution in [3.8, 4) is 0 Å². The fourth-order valence-corrected chi connectivity index (χ4v) is 4.17. The maximum Gasteiger partial charge on any atom is 0.0702 e. The zero-order valence-corrected chi connectivity index (χ0v) is 13.6. The van der Waals surface area contributed by atoms with Gasteiger partial charge in [-0.3, -0.25) is 4.90 Å². The first kappa shape index (κ1) is 14.5. The van der Waals surface area contributed by atoms with Crippen LogP contribution >= 0.6 is 27.3 Å². The predicted molar refractivity (Wildman–Crippen MR) is 83.0 cm³/mol. The van der Waals surface area contributed by atoms with Crippen LogP contribution in [0.2, 0.25) is 0 Å². The van der Waals surface area contributed by atoms with Gasteiger partial charge in [0.05, 0.1) is 9.83 Å². The summed E-state index contributed by atoms with van der Waals surface area (Å²) in [5.41, 5.74) is 6.40. The maximum absolute atomic E-state index is 6.40. The molecule has 0 radical (unpaired) electrons. The topological polar surface area (TPSA) is 29.3 Å². The zero-order valence-electron chi connectivity index (χ0n) is 11.2. The third kappa shape index (κ3) is 3.35. The third-order valence-electron chi connectivity index (χ3n) is 3.62. The van der Waals surface area contributed by atoms with Gasteiger partial charge in [0.1, 0.15) is 0 Å². The SMILES string of the molecule is CCCN(C1CC1)C(c1ccc(Br)s1)C(N)CC. The summed E-state index contributed by atoms with van der Waals surface area (Å²) in [5, 5.41) is 0. The van der Waals surface area contributed by atoms with Crippen LogP contribution in [0.3, 0.4) is 0 Å². The van der Waals surface area contributed by atoms with E-state index in [1.807, 2.05) is 11.3 Å². The largest absolute Gasteiger partial charge is 0.326 e. The Morgan fingerprint density at radius 1 is 1.44 bits per heavy atom. The number of nitrogens with zero attached hydrogens (tertiary/aromatic N) is 1. The van der Waals surface area contributed by atoms with Crippen molar-refractivity contribution in [3.63, 3.8) is 0 Å². The molecule has 102 valence electrons. The summed E-state index contributed by atoms with van der Waals surface area (Å²) in [4.78, 5) is 4.06. The highest BCUT2D eigenvalue weighted by molar-refractivity contribution is 9.11. The highest BCUT2D eigenvalue weighted by Gasteiger charge is 2.36. The Balaban J connectivity index is 2.22. The standard InChI is InChI=1S/C14H23BrN2S/c1-3-9-17(10-5-6-10)14(11(16)4-2)12-7-8-13(15)18-12/h7-8,10-11,14H,3-6,9,16H2,1-2H3. The Labute approximate surface area is 123 Å². The van der Waals surface area contributed by atoms with Gasteiger partial charge in [-0.15, -0.1) is 11.3 Å². The molecule has 2 unspecified atom stereocenters. The van der Waals surface area contributed by atoms with E-state index in [9.17, 15) is 0 Å². The molecule has 2 N–H and O–H groups in total. The van der Waals surface area contributed by atoms with Gasteiger partial charge in [-0.1, -0.05) is 13.8 Å². The second-order valence-electron chi connectivity index (χ2n) is 5.13. The molecule has 0 aliphatic heterocycles. The number of hydrogen-bond acceptors (Lipinski definition) is 3. The van der Waals surface area contributed by atoms with Crippen molar-refractivity contribution in [2.45, 2.75) is 57.7 Å². The van der Waals surface area contributed by atoms with E-state index in [-0.39, 0.29) is 6.04 Å². The number of rotatable bonds is 7. The molecule has 1 aliphatic rings. The van der Waals surface area contributed by atoms with E-state index in [2.05, 4.69) is 46.8 Å². The van der Waals surface area contributed by atoms with Crippen LogP contribution in [-0.4, -0.2) is 23.5 Å². The zero-order chi connectivity index (χ0) is 13.1. The third-order valence-corrected chi connectivity index (χ3v) is 5.31. The molecule has 1 fully saturated rings. The van der Waals surface area contributed by atoms with Gasteiger partial charge in [0, 0.05) is 17.0 Å². The van der Waals surface area contributed by atoms with Crippen molar-refractivity contribution in [1.29, 1.82) is 0 Å². The summed E-state index contributed by atoms with van der Waals surface area (Å²) in [5.74, 6) is 0. The summed E-state index contributed by atoms with van der Waals surface area (Å²) in [6.45, 7) is 5.62. The molecule has 2 rings (SSSR count). The Bertz CT molecular complexity index is 376. The normalized spacial score (nSPS) is 19.2. The molecule has 1 aliphatic carbocycles. The molecule has 0 spiro atoms. The molecule has 1 saturated carbocycles. The molecule has 0 amide bonds. The fraction of sp³-hybridized carbons (Fsp3) is 0.714. The second kappa shape index (κ2) is 6.51. The monoisotopic (exact) mass is 330 g/mol. The molecular weight excluding hydrogens is 308 g/mol. The van der Waals surface area contributed by atoms with E-state index in [0.717, 1.165) is 12.5 Å². The minimum atomic E-state index is 0.239. The van der Waals surface area contributed by atoms with Crippen LogP contribution in [0.25, 0.3) is 0 Å². The predicted octanol–water partition coefficient (Wildman–Crippen LogP) is 4.16. The fourth-order valence-electron chi connectivity index (χ4n) is 2.54. The Hall–Kier alpha value is 0.1000. The first-order chi connectivity index (χ1) is 8.67. The highest BCUT2D eigenvalue weighted by Crippen LogP contribution is 2.39. The van der Waals surface area contributed by atoms with E-state index in [1.165, 1.54) is 34.5 Å². The number of hydrogen-bond donors (Lipinski definition) is 1. The van der Waals surface area contributed by atoms with E-state index >= 15 is 0 Å². The number of nitrogens with two attached hydrogens (primary N) is 1. The Morgan fingerprint density at radius 3 is 2.61 bits per heavy atom. The molecule has 18 heavy (non-hydrogen) atoms. The van der Waals surface area contributed by atoms with E-state index in [0.29, 0.717) is 6.04 Å². The van der Waals surface area contributed by atoms with Gasteiger partial charge in [-0.05, 0) is 60.3 Å². The van der Waals surface area contributed by atoms with Crippen LogP contribution in [0.15, 0.2) is 15.9 Å². The van der Waals surface area contributed by atoms with E-state index < -0.39 is 0 Å². The first-order valence-corrected chi connectivity index (χ1v) is 8.54. The van der Waals surface area contributed by atoms with Crippen molar-refractivity contribution in [3.05, 3.63) is 20.8 Å². The lowest BCUT2D eigenvalue weighted by atomic mass is 10.0. The molecule has 0 aromatic carbocycles. The van der Waals surface area contributed by atoms with Crippen LogP contribution in [0.5, 0.6) is 0 Å². The van der Waals surface area contributed by atoms with Gasteiger partial charge in [-0.2, -0.15) is 0 Å². The molecule has 0 bridgehead atoms. The smallest absolute Gasteiger partial charge is 0.0702 e. The Morgan fingerprint density at radius 2 is 2.17 bits per heavy atom. The number of halogens is 1. The van der Waals surface area contributed by atoms with Crippen LogP contribution in [0.4, 0.5) is 0 Å². The highest BCUT2D eigenvalue weighted by atomic mass is 79.9. The Kier molecular flexibility index (Phi) is 5.24. The lowest BCUT2D eigenvalue weighted by Gasteiger charge is -2.34. The van der Waals surface area contributed by atoms with E-state index in [1.54, 1.807) is 0 Å². The van der Waals surface area contributed by atoms with Gasteiger partial charge in [-0.25, -0.2) is 0 Å². The van der Waals surface area contributed by atoms with Gasteiger partial charge in [0.25, 0.3) is 0 Å². The van der Waals surface area contributed by atoms with Crippen molar-refractivity contribution < 1.29 is 0 Å². The quantitative estimate of drug-likeness (QED) is 0.813. The van der Waals surface area contributed by atoms with Gasteiger partial charge in [0.15, 0.2) is 0 Å². The molecule has 1 aromatic heterocycles. The summed E-state index contributed by atoms with van der Waals surface area (Å²) in [6.07, 6.45) is 4.93.